The van der Waals surface area contributed by atoms with Crippen molar-refractivity contribution in [2.45, 2.75) is 83.5 Å². The number of carbonyl (C=O) groups is 3. The summed E-state index contributed by atoms with van der Waals surface area (Å²) in [6.07, 6.45) is 4.04. The first-order chi connectivity index (χ1) is 23.4. The number of allylic oxidation sites excluding steroid dienone is 1. The zero-order valence-corrected chi connectivity index (χ0v) is 29.2. The number of nitrogens with one attached hydrogen (secondary N) is 1. The van der Waals surface area contributed by atoms with E-state index in [-0.39, 0.29) is 49.7 Å². The number of rotatable bonds is 7. The maximum absolute atomic E-state index is 15.9. The van der Waals surface area contributed by atoms with E-state index in [1.165, 1.54) is 21.6 Å². The van der Waals surface area contributed by atoms with Gasteiger partial charge in [-0.15, -0.1) is 0 Å². The Morgan fingerprint density at radius 2 is 1.65 bits per heavy atom. The number of likely N-dealkylation sites (tertiary alicyclic amines) is 1. The molecule has 3 amide bonds. The lowest BCUT2D eigenvalue weighted by Gasteiger charge is -2.46. The summed E-state index contributed by atoms with van der Waals surface area (Å²) in [5.74, 6) is -3.95. The molecule has 49 heavy (non-hydrogen) atoms. The van der Waals surface area contributed by atoms with Gasteiger partial charge in [-0.25, -0.2) is 8.78 Å². The number of nitrogens with zero attached hydrogens (tertiary/aromatic N) is 4. The van der Waals surface area contributed by atoms with Gasteiger partial charge in [-0.1, -0.05) is 61.4 Å². The minimum absolute atomic E-state index is 0.185. The Bertz CT molecular complexity index is 1650. The van der Waals surface area contributed by atoms with Crippen LogP contribution in [0.15, 0.2) is 48.0 Å². The van der Waals surface area contributed by atoms with Crippen LogP contribution in [0, 0.1) is 5.41 Å². The minimum Gasteiger partial charge on any atom is -0.322 e. The fraction of sp³-hybridized carbons (Fsp3) is 0.553. The van der Waals surface area contributed by atoms with Crippen molar-refractivity contribution in [3.05, 3.63) is 75.3 Å². The van der Waals surface area contributed by atoms with Gasteiger partial charge < -0.3 is 4.90 Å². The van der Waals surface area contributed by atoms with Crippen LogP contribution in [-0.2, 0) is 22.7 Å². The highest BCUT2D eigenvalue weighted by atomic mass is 35.5. The van der Waals surface area contributed by atoms with E-state index >= 15 is 8.78 Å². The van der Waals surface area contributed by atoms with Gasteiger partial charge >= 0.3 is 0 Å². The summed E-state index contributed by atoms with van der Waals surface area (Å²) < 4.78 is 31.8. The molecule has 4 aliphatic heterocycles. The number of hydrogen-bond donors (Lipinski definition) is 1. The van der Waals surface area contributed by atoms with Gasteiger partial charge in [0, 0.05) is 69.4 Å². The Balaban J connectivity index is 0.962. The quantitative estimate of drug-likeness (QED) is 0.381. The molecule has 1 N–H and O–H groups in total. The van der Waals surface area contributed by atoms with E-state index in [0.717, 1.165) is 49.5 Å². The van der Waals surface area contributed by atoms with Crippen molar-refractivity contribution in [1.29, 1.82) is 0 Å². The summed E-state index contributed by atoms with van der Waals surface area (Å²) >= 11 is 6.19. The van der Waals surface area contributed by atoms with Crippen LogP contribution in [0.1, 0.15) is 79.4 Å². The van der Waals surface area contributed by atoms with Crippen molar-refractivity contribution in [2.24, 2.45) is 5.41 Å². The number of imide groups is 1. The fourth-order valence-electron chi connectivity index (χ4n) is 8.61. The van der Waals surface area contributed by atoms with E-state index in [0.29, 0.717) is 37.2 Å². The molecule has 3 saturated heterocycles. The van der Waals surface area contributed by atoms with Gasteiger partial charge in [-0.3, -0.25) is 34.4 Å². The molecule has 0 spiro atoms. The number of fused-ring (bicyclic) bond motifs is 1. The highest BCUT2D eigenvalue weighted by Gasteiger charge is 2.48. The normalized spacial score (nSPS) is 26.6. The number of hydrogen-bond acceptors (Lipinski definition) is 6. The summed E-state index contributed by atoms with van der Waals surface area (Å²) in [7, 11) is 0. The Hall–Kier alpha value is -3.18. The molecule has 0 radical (unpaired) electrons. The number of alkyl halides is 2. The predicted molar refractivity (Wildman–Crippen MR) is 185 cm³/mol. The maximum Gasteiger partial charge on any atom is 0.275 e. The first-order valence-electron chi connectivity index (χ1n) is 17.7. The van der Waals surface area contributed by atoms with Crippen molar-refractivity contribution in [3.8, 4) is 0 Å². The average Bonchev–Trinajstić information content (AvgIpc) is 3.39. The molecule has 7 rings (SSSR count). The molecular formula is C38H46ClF2N5O3. The molecular weight excluding hydrogens is 648 g/mol. The summed E-state index contributed by atoms with van der Waals surface area (Å²) in [6.45, 7) is 8.96. The van der Waals surface area contributed by atoms with Crippen LogP contribution >= 0.6 is 11.6 Å². The largest absolute Gasteiger partial charge is 0.322 e. The second kappa shape index (κ2) is 13.5. The molecule has 3 fully saturated rings. The summed E-state index contributed by atoms with van der Waals surface area (Å²) in [4.78, 5) is 45.4. The average molecular weight is 694 g/mol. The number of benzene rings is 2. The van der Waals surface area contributed by atoms with Gasteiger partial charge in [0.2, 0.25) is 11.8 Å². The number of amides is 3. The van der Waals surface area contributed by atoms with Crippen molar-refractivity contribution >= 4 is 34.9 Å². The Morgan fingerprint density at radius 3 is 2.37 bits per heavy atom. The molecule has 11 heteroatoms. The molecule has 2 aromatic rings. The van der Waals surface area contributed by atoms with Crippen molar-refractivity contribution in [2.75, 3.05) is 45.8 Å². The van der Waals surface area contributed by atoms with Gasteiger partial charge in [0.15, 0.2) is 0 Å². The Morgan fingerprint density at radius 1 is 0.898 bits per heavy atom. The summed E-state index contributed by atoms with van der Waals surface area (Å²) in [5.41, 5.74) is 6.34. The molecule has 2 aromatic carbocycles. The monoisotopic (exact) mass is 693 g/mol. The molecule has 8 nitrogen and oxygen atoms in total. The second-order valence-electron chi connectivity index (χ2n) is 15.4. The fourth-order valence-corrected chi connectivity index (χ4v) is 8.74. The van der Waals surface area contributed by atoms with Gasteiger partial charge in [-0.05, 0) is 71.9 Å². The maximum atomic E-state index is 15.9. The van der Waals surface area contributed by atoms with Crippen LogP contribution in [0.5, 0.6) is 0 Å². The molecule has 2 unspecified atom stereocenters. The number of piperazine rings is 1. The van der Waals surface area contributed by atoms with E-state index in [4.69, 9.17) is 11.6 Å². The molecule has 4 heterocycles. The van der Waals surface area contributed by atoms with Crippen LogP contribution in [0.25, 0.3) is 5.57 Å². The van der Waals surface area contributed by atoms with E-state index in [2.05, 4.69) is 36.2 Å². The molecule has 262 valence electrons. The summed E-state index contributed by atoms with van der Waals surface area (Å²) in [6, 6.07) is 12.2. The predicted octanol–water partition coefficient (Wildman–Crippen LogP) is 5.59. The SMILES string of the molecule is CC1(C)CCC(CN2CCN(C3CCN(Cc4cccc5c4C(=O)N(C4CCC(=O)NC4=O)C5)CC3(F)F)CC2)=C(c2ccc(Cl)cc2)C1. The lowest BCUT2D eigenvalue weighted by Crippen LogP contribution is -2.61. The molecule has 5 aliphatic rings. The van der Waals surface area contributed by atoms with Gasteiger partial charge in [0.25, 0.3) is 11.8 Å². The van der Waals surface area contributed by atoms with Crippen molar-refractivity contribution in [3.63, 3.8) is 0 Å². The zero-order valence-electron chi connectivity index (χ0n) is 28.5. The molecule has 0 saturated carbocycles. The van der Waals surface area contributed by atoms with Gasteiger partial charge in [-0.2, -0.15) is 0 Å². The zero-order chi connectivity index (χ0) is 34.5. The third kappa shape index (κ3) is 7.20. The standard InChI is InChI=1S/C38H46ClF2N5O3/c1-37(2)14-12-26(30(20-37)25-6-8-29(39)9-7-25)21-43-16-18-45(19-17-43)32-13-15-44(24-38(32,40)41)22-27-4-3-5-28-23-46(36(49)34(27)28)31-10-11-33(47)42-35(31)48/h3-9,31-32H,10-24H2,1-2H3,(H,42,47,48). The van der Waals surface area contributed by atoms with Crippen molar-refractivity contribution in [1.82, 2.24) is 24.9 Å². The summed E-state index contributed by atoms with van der Waals surface area (Å²) in [5, 5.41) is 3.06. The smallest absolute Gasteiger partial charge is 0.275 e. The molecule has 0 bridgehead atoms. The van der Waals surface area contributed by atoms with Gasteiger partial charge in [0.1, 0.15) is 6.04 Å². The third-order valence-corrected chi connectivity index (χ3v) is 11.6. The Labute approximate surface area is 292 Å². The lowest BCUT2D eigenvalue weighted by molar-refractivity contribution is -0.137. The number of halogens is 3. The van der Waals surface area contributed by atoms with Crippen LogP contribution in [-0.4, -0.2) is 101 Å². The first-order valence-corrected chi connectivity index (χ1v) is 18.0. The molecule has 0 aromatic heterocycles. The minimum atomic E-state index is -2.89. The van der Waals surface area contributed by atoms with E-state index in [1.54, 1.807) is 4.90 Å². The Kier molecular flexibility index (Phi) is 9.45. The topological polar surface area (TPSA) is 76.2 Å². The van der Waals surface area contributed by atoms with Crippen molar-refractivity contribution < 1.29 is 23.2 Å². The highest BCUT2D eigenvalue weighted by Crippen LogP contribution is 2.43. The van der Waals surface area contributed by atoms with Crippen LogP contribution in [0.4, 0.5) is 8.78 Å². The molecule has 1 aliphatic carbocycles. The van der Waals surface area contributed by atoms with Crippen LogP contribution < -0.4 is 5.32 Å². The first kappa shape index (κ1) is 34.3. The lowest BCUT2D eigenvalue weighted by atomic mass is 9.72. The number of carbonyl (C=O) groups excluding carboxylic acids is 3. The van der Waals surface area contributed by atoms with Crippen LogP contribution in [0.2, 0.25) is 5.02 Å². The third-order valence-electron chi connectivity index (χ3n) is 11.3. The number of piperidine rings is 2. The van der Waals surface area contributed by atoms with Crippen LogP contribution in [0.3, 0.4) is 0 Å². The van der Waals surface area contributed by atoms with E-state index in [9.17, 15) is 14.4 Å². The van der Waals surface area contributed by atoms with Gasteiger partial charge in [0.05, 0.1) is 12.6 Å². The molecule has 2 atom stereocenters. The second-order valence-corrected chi connectivity index (χ2v) is 15.8. The highest BCUT2D eigenvalue weighted by molar-refractivity contribution is 6.30. The van der Waals surface area contributed by atoms with E-state index in [1.807, 2.05) is 35.2 Å². The van der Waals surface area contributed by atoms with E-state index < -0.39 is 23.9 Å².